The maximum absolute atomic E-state index is 12.2. The average Bonchev–Trinajstić information content (AvgIpc) is 2.03. The van der Waals surface area contributed by atoms with Crippen molar-refractivity contribution in [3.05, 3.63) is 0 Å². The predicted molar refractivity (Wildman–Crippen MR) is 26.8 cm³/mol. The number of hydrogen-bond acceptors (Lipinski definition) is 2. The van der Waals surface area contributed by atoms with Gasteiger partial charge in [-0.2, -0.15) is 26.3 Å². The van der Waals surface area contributed by atoms with Crippen molar-refractivity contribution in [3.8, 4) is 0 Å². The number of rotatable bonds is 5. The minimum atomic E-state index is -5.97. The molecule has 0 N–H and O–H groups in total. The first-order chi connectivity index (χ1) is 6.12. The Bertz CT molecular complexity index is 193. The van der Waals surface area contributed by atoms with Crippen LogP contribution in [0.25, 0.3) is 0 Å². The minimum absolute atomic E-state index is 2.40. The zero-order chi connectivity index (χ0) is 11.6. The van der Waals surface area contributed by atoms with Crippen LogP contribution in [0.15, 0.2) is 0 Å². The molecule has 9 heteroatoms. The van der Waals surface area contributed by atoms with E-state index in [0.717, 1.165) is 0 Å². The van der Waals surface area contributed by atoms with Gasteiger partial charge in [0, 0.05) is 0 Å². The first-order valence-electron chi connectivity index (χ1n) is 3.06. The molecular weight excluding hydrogens is 225 g/mol. The molecule has 86 valence electrons. The fourth-order valence-corrected chi connectivity index (χ4v) is 0.516. The monoisotopic (exact) mass is 229 g/mol. The molecule has 0 aliphatic heterocycles. The quantitative estimate of drug-likeness (QED) is 0.402. The van der Waals surface area contributed by atoms with E-state index in [-0.39, 0.29) is 0 Å². The molecule has 0 heterocycles. The van der Waals surface area contributed by atoms with Crippen LogP contribution < -0.4 is 5.26 Å². The van der Waals surface area contributed by atoms with Crippen molar-refractivity contribution in [2.75, 3.05) is 13.3 Å². The van der Waals surface area contributed by atoms with Crippen molar-refractivity contribution in [3.63, 3.8) is 0 Å². The van der Waals surface area contributed by atoms with Gasteiger partial charge in [0.1, 0.15) is 6.61 Å². The van der Waals surface area contributed by atoms with Crippen molar-refractivity contribution >= 4 is 0 Å². The summed E-state index contributed by atoms with van der Waals surface area (Å²) in [6, 6.07) is 0. The molecule has 0 radical (unpaired) electrons. The molecule has 0 saturated heterocycles. The summed E-state index contributed by atoms with van der Waals surface area (Å²) >= 11 is 0. The van der Waals surface area contributed by atoms with E-state index in [9.17, 15) is 30.7 Å². The zero-order valence-corrected chi connectivity index (χ0v) is 6.38. The molecule has 0 unspecified atom stereocenters. The van der Waals surface area contributed by atoms with E-state index in [4.69, 9.17) is 5.26 Å². The van der Waals surface area contributed by atoms with Crippen LogP contribution in [0.5, 0.6) is 0 Å². The maximum Gasteiger partial charge on any atom is 0.376 e. The fraction of sp³-hybridized carbons (Fsp3) is 1.00. The summed E-state index contributed by atoms with van der Waals surface area (Å²) in [5.74, 6) is -16.9. The van der Waals surface area contributed by atoms with Gasteiger partial charge in [-0.25, -0.2) is 4.39 Å². The van der Waals surface area contributed by atoms with Crippen molar-refractivity contribution in [1.82, 2.24) is 0 Å². The standard InChI is InChI=1S/C5H5F7O2/c6-1-3(7,8)5(11,12)4(9,10)2-14-13/h13H,1-2H2/p-1. The van der Waals surface area contributed by atoms with Crippen LogP contribution in [0, 0.1) is 0 Å². The van der Waals surface area contributed by atoms with Crippen LogP contribution in [0.4, 0.5) is 30.7 Å². The van der Waals surface area contributed by atoms with E-state index in [1.165, 1.54) is 0 Å². The Morgan fingerprint density at radius 3 is 1.64 bits per heavy atom. The van der Waals surface area contributed by atoms with Crippen LogP contribution >= 0.6 is 0 Å². The highest BCUT2D eigenvalue weighted by atomic mass is 19.3. The van der Waals surface area contributed by atoms with E-state index in [0.29, 0.717) is 0 Å². The Hall–Kier alpha value is -0.570. The minimum Gasteiger partial charge on any atom is -0.723 e. The highest BCUT2D eigenvalue weighted by Crippen LogP contribution is 2.45. The van der Waals surface area contributed by atoms with Gasteiger partial charge in [0.05, 0.1) is 0 Å². The third kappa shape index (κ3) is 2.08. The lowest BCUT2D eigenvalue weighted by molar-refractivity contribution is -0.696. The molecule has 2 nitrogen and oxygen atoms in total. The lowest BCUT2D eigenvalue weighted by Crippen LogP contribution is -2.57. The lowest BCUT2D eigenvalue weighted by atomic mass is 10.1. The second-order valence-corrected chi connectivity index (χ2v) is 2.38. The van der Waals surface area contributed by atoms with Crippen LogP contribution in [-0.2, 0) is 4.89 Å². The zero-order valence-electron chi connectivity index (χ0n) is 6.38. The second-order valence-electron chi connectivity index (χ2n) is 2.38. The Labute approximate surface area is 73.2 Å². The Morgan fingerprint density at radius 2 is 1.36 bits per heavy atom. The van der Waals surface area contributed by atoms with Crippen molar-refractivity contribution < 1.29 is 40.9 Å². The van der Waals surface area contributed by atoms with Gasteiger partial charge in [0.2, 0.25) is 0 Å². The molecule has 0 saturated carbocycles. The molecule has 0 spiro atoms. The lowest BCUT2D eigenvalue weighted by Gasteiger charge is -2.31. The van der Waals surface area contributed by atoms with Gasteiger partial charge in [0.15, 0.2) is 6.67 Å². The Balaban J connectivity index is 4.92. The molecule has 0 aromatic rings. The highest BCUT2D eigenvalue weighted by molar-refractivity contribution is 4.95. The van der Waals surface area contributed by atoms with E-state index >= 15 is 0 Å². The topological polar surface area (TPSA) is 32.3 Å². The third-order valence-corrected chi connectivity index (χ3v) is 1.33. The second kappa shape index (κ2) is 3.89. The number of hydrogen-bond donors (Lipinski definition) is 0. The third-order valence-electron chi connectivity index (χ3n) is 1.33. The molecule has 0 amide bonds. The van der Waals surface area contributed by atoms with Gasteiger partial charge in [-0.05, 0) is 0 Å². The van der Waals surface area contributed by atoms with E-state index in [1.807, 2.05) is 0 Å². The molecule has 0 fully saturated rings. The van der Waals surface area contributed by atoms with Crippen LogP contribution in [-0.4, -0.2) is 31.0 Å². The summed E-state index contributed by atoms with van der Waals surface area (Å²) in [7, 11) is 0. The molecule has 0 rings (SSSR count). The fourth-order valence-electron chi connectivity index (χ4n) is 0.516. The van der Waals surface area contributed by atoms with Crippen molar-refractivity contribution in [2.45, 2.75) is 17.8 Å². The van der Waals surface area contributed by atoms with Gasteiger partial charge in [0.25, 0.3) is 0 Å². The van der Waals surface area contributed by atoms with E-state index < -0.39 is 31.0 Å². The first kappa shape index (κ1) is 13.4. The summed E-state index contributed by atoms with van der Waals surface area (Å²) in [4.78, 5) is 2.40. The number of alkyl halides is 7. The summed E-state index contributed by atoms with van der Waals surface area (Å²) < 4.78 is 84.1. The van der Waals surface area contributed by atoms with Gasteiger partial charge in [-0.15, -0.1) is 0 Å². The average molecular weight is 229 g/mol. The van der Waals surface area contributed by atoms with Crippen molar-refractivity contribution in [2.24, 2.45) is 0 Å². The highest BCUT2D eigenvalue weighted by Gasteiger charge is 2.71. The first-order valence-corrected chi connectivity index (χ1v) is 3.06. The van der Waals surface area contributed by atoms with Gasteiger partial charge in [-0.3, -0.25) is 0 Å². The molecule has 0 aromatic heterocycles. The summed E-state index contributed by atoms with van der Waals surface area (Å²) in [5, 5.41) is 9.16. The molecule has 0 aromatic carbocycles. The Morgan fingerprint density at radius 1 is 0.929 bits per heavy atom. The normalized spacial score (nSPS) is 14.6. The molecular formula is C5H4F7O2-. The van der Waals surface area contributed by atoms with E-state index in [1.54, 1.807) is 0 Å². The van der Waals surface area contributed by atoms with Crippen LogP contribution in [0.2, 0.25) is 0 Å². The molecule has 14 heavy (non-hydrogen) atoms. The Kier molecular flexibility index (Phi) is 3.73. The summed E-state index contributed by atoms with van der Waals surface area (Å²) in [6.45, 7) is -5.43. The molecule has 0 bridgehead atoms. The molecule has 0 atom stereocenters. The summed E-state index contributed by atoms with van der Waals surface area (Å²) in [6.07, 6.45) is 0. The molecule has 0 aliphatic carbocycles. The van der Waals surface area contributed by atoms with Gasteiger partial charge < -0.3 is 10.1 Å². The SMILES string of the molecule is [O-]OCC(F)(F)C(F)(F)C(F)(F)CF. The van der Waals surface area contributed by atoms with Crippen molar-refractivity contribution in [1.29, 1.82) is 0 Å². The van der Waals surface area contributed by atoms with Crippen LogP contribution in [0.1, 0.15) is 0 Å². The van der Waals surface area contributed by atoms with Gasteiger partial charge in [-0.1, -0.05) is 0 Å². The maximum atomic E-state index is 12.2. The van der Waals surface area contributed by atoms with E-state index in [2.05, 4.69) is 4.89 Å². The summed E-state index contributed by atoms with van der Waals surface area (Å²) in [5.41, 5.74) is 0. The smallest absolute Gasteiger partial charge is 0.376 e. The number of halogens is 7. The molecule has 0 aliphatic rings. The van der Waals surface area contributed by atoms with Gasteiger partial charge >= 0.3 is 17.8 Å². The predicted octanol–water partition coefficient (Wildman–Crippen LogP) is 1.15. The largest absolute Gasteiger partial charge is 0.723 e. The van der Waals surface area contributed by atoms with Crippen LogP contribution in [0.3, 0.4) is 0 Å².